The number of nitrogens with one attached hydrogen (secondary N) is 1. The van der Waals surface area contributed by atoms with E-state index in [0.717, 1.165) is 12.5 Å². The molecule has 3 rings (SSSR count). The lowest BCUT2D eigenvalue weighted by Gasteiger charge is -2.41. The molecule has 2 aliphatic rings. The minimum absolute atomic E-state index is 0.0467. The van der Waals surface area contributed by atoms with Crippen LogP contribution in [0.1, 0.15) is 31.3 Å². The molecule has 1 heterocycles. The summed E-state index contributed by atoms with van der Waals surface area (Å²) in [6, 6.07) is 2.67. The fourth-order valence-electron chi connectivity index (χ4n) is 3.85. The van der Waals surface area contributed by atoms with E-state index in [1.807, 2.05) is 0 Å². The van der Waals surface area contributed by atoms with Gasteiger partial charge in [0, 0.05) is 30.4 Å². The predicted octanol–water partition coefficient (Wildman–Crippen LogP) is 2.37. The summed E-state index contributed by atoms with van der Waals surface area (Å²) in [5.74, 6) is -1.07. The zero-order valence-electron chi connectivity index (χ0n) is 16.9. The van der Waals surface area contributed by atoms with Gasteiger partial charge in [0.2, 0.25) is 5.91 Å². The Labute approximate surface area is 177 Å². The Morgan fingerprint density at radius 3 is 2.58 bits per heavy atom. The van der Waals surface area contributed by atoms with E-state index in [2.05, 4.69) is 5.32 Å². The number of nitrogens with two attached hydrogens (primary N) is 1. The zero-order chi connectivity index (χ0) is 22.5. The first-order valence-electron chi connectivity index (χ1n) is 10.2. The molecule has 7 nitrogen and oxygen atoms in total. The molecule has 0 radical (unpaired) electrons. The number of halogens is 4. The van der Waals surface area contributed by atoms with Crippen LogP contribution in [-0.2, 0) is 14.3 Å². The van der Waals surface area contributed by atoms with Gasteiger partial charge in [0.1, 0.15) is 12.6 Å². The summed E-state index contributed by atoms with van der Waals surface area (Å²) < 4.78 is 58.5. The number of ether oxygens (including phenoxy) is 1. The molecule has 1 aromatic rings. The van der Waals surface area contributed by atoms with Crippen molar-refractivity contribution in [2.24, 2.45) is 5.73 Å². The quantitative estimate of drug-likeness (QED) is 0.569. The van der Waals surface area contributed by atoms with Gasteiger partial charge in [0.05, 0.1) is 18.8 Å². The third-order valence-electron chi connectivity index (χ3n) is 5.63. The molecule has 0 aromatic heterocycles. The van der Waals surface area contributed by atoms with Gasteiger partial charge in [-0.2, -0.15) is 0 Å². The normalized spacial score (nSPS) is 18.6. The number of amides is 2. The molecule has 31 heavy (non-hydrogen) atoms. The van der Waals surface area contributed by atoms with Crippen LogP contribution in [0, 0.1) is 0 Å². The lowest BCUT2D eigenvalue weighted by molar-refractivity contribution is -0.126. The molecule has 1 atom stereocenters. The summed E-state index contributed by atoms with van der Waals surface area (Å²) >= 11 is 0. The maximum Gasteiger partial charge on any atom is 0.265 e. The van der Waals surface area contributed by atoms with E-state index in [-0.39, 0.29) is 43.7 Å². The Balaban J connectivity index is 1.79. The van der Waals surface area contributed by atoms with E-state index in [1.54, 1.807) is 0 Å². The van der Waals surface area contributed by atoms with Crippen LogP contribution in [0.25, 0.3) is 0 Å². The second-order valence-corrected chi connectivity index (χ2v) is 7.59. The highest BCUT2D eigenvalue weighted by Crippen LogP contribution is 2.33. The molecular formula is C20H26F4N4O3. The Kier molecular flexibility index (Phi) is 7.84. The molecule has 1 aliphatic carbocycles. The first kappa shape index (κ1) is 23.4. The van der Waals surface area contributed by atoms with Crippen molar-refractivity contribution in [2.45, 2.75) is 44.2 Å². The van der Waals surface area contributed by atoms with Gasteiger partial charge in [-0.05, 0) is 31.0 Å². The van der Waals surface area contributed by atoms with E-state index >= 15 is 0 Å². The number of nitrogens with zero attached hydrogens (tertiary/aromatic N) is 2. The summed E-state index contributed by atoms with van der Waals surface area (Å²) in [5.41, 5.74) is 5.42. The molecule has 11 heteroatoms. The number of anilines is 2. The van der Waals surface area contributed by atoms with E-state index in [9.17, 15) is 27.2 Å². The van der Waals surface area contributed by atoms with Crippen molar-refractivity contribution in [1.29, 1.82) is 0 Å². The van der Waals surface area contributed by atoms with Gasteiger partial charge in [-0.3, -0.25) is 14.5 Å². The van der Waals surface area contributed by atoms with E-state index in [1.165, 1.54) is 21.9 Å². The standard InChI is InChI=1S/C20H26F4N4O3/c21-17(22)10-28(13-2-1-3-13)16(9-25)20(30)26-12-4-5-15(14(8-12)19(23)24)27-6-7-31-11-18(27)29/h4-5,8,13,16-17,19H,1-3,6-7,9-11,25H2,(H,26,30)/t16-/m1/s1. The number of benzene rings is 1. The number of morpholine rings is 1. The summed E-state index contributed by atoms with van der Waals surface area (Å²) in [4.78, 5) is 27.4. The van der Waals surface area contributed by atoms with Crippen LogP contribution < -0.4 is 16.0 Å². The van der Waals surface area contributed by atoms with Gasteiger partial charge in [-0.25, -0.2) is 17.6 Å². The van der Waals surface area contributed by atoms with Crippen molar-refractivity contribution < 1.29 is 31.9 Å². The van der Waals surface area contributed by atoms with Crippen LogP contribution in [0.3, 0.4) is 0 Å². The first-order valence-corrected chi connectivity index (χ1v) is 10.2. The number of hydrogen-bond donors (Lipinski definition) is 2. The molecule has 1 saturated carbocycles. The van der Waals surface area contributed by atoms with Crippen molar-refractivity contribution >= 4 is 23.2 Å². The Hall–Kier alpha value is -2.24. The van der Waals surface area contributed by atoms with Crippen LogP contribution in [0.5, 0.6) is 0 Å². The molecular weight excluding hydrogens is 420 g/mol. The Bertz CT molecular complexity index is 792. The van der Waals surface area contributed by atoms with Crippen molar-refractivity contribution in [1.82, 2.24) is 4.90 Å². The molecule has 2 amide bonds. The highest BCUT2D eigenvalue weighted by molar-refractivity contribution is 5.98. The molecule has 2 fully saturated rings. The summed E-state index contributed by atoms with van der Waals surface area (Å²) in [5, 5.41) is 2.52. The molecule has 1 saturated heterocycles. The average Bonchev–Trinajstić information content (AvgIpc) is 2.67. The van der Waals surface area contributed by atoms with Crippen LogP contribution in [-0.4, -0.2) is 68.1 Å². The molecule has 1 aromatic carbocycles. The summed E-state index contributed by atoms with van der Waals surface area (Å²) in [6.45, 7) is -0.590. The number of alkyl halides is 4. The molecule has 172 valence electrons. The Morgan fingerprint density at radius 2 is 2.03 bits per heavy atom. The van der Waals surface area contributed by atoms with Crippen LogP contribution >= 0.6 is 0 Å². The molecule has 0 bridgehead atoms. The van der Waals surface area contributed by atoms with Gasteiger partial charge in [0.15, 0.2) is 0 Å². The van der Waals surface area contributed by atoms with E-state index < -0.39 is 42.8 Å². The third-order valence-corrected chi connectivity index (χ3v) is 5.63. The maximum absolute atomic E-state index is 13.7. The number of rotatable bonds is 9. The molecule has 3 N–H and O–H groups in total. The van der Waals surface area contributed by atoms with E-state index in [4.69, 9.17) is 10.5 Å². The summed E-state index contributed by atoms with van der Waals surface area (Å²) in [6.07, 6.45) is -3.22. The van der Waals surface area contributed by atoms with Gasteiger partial charge in [-0.15, -0.1) is 0 Å². The number of hydrogen-bond acceptors (Lipinski definition) is 5. The monoisotopic (exact) mass is 446 g/mol. The van der Waals surface area contributed by atoms with E-state index in [0.29, 0.717) is 12.8 Å². The van der Waals surface area contributed by atoms with Crippen molar-refractivity contribution in [3.05, 3.63) is 23.8 Å². The minimum atomic E-state index is -2.89. The smallest absolute Gasteiger partial charge is 0.265 e. The fraction of sp³-hybridized carbons (Fsp3) is 0.600. The van der Waals surface area contributed by atoms with Gasteiger partial charge >= 0.3 is 0 Å². The van der Waals surface area contributed by atoms with Crippen LogP contribution in [0.4, 0.5) is 28.9 Å². The van der Waals surface area contributed by atoms with Crippen molar-refractivity contribution in [3.63, 3.8) is 0 Å². The fourth-order valence-corrected chi connectivity index (χ4v) is 3.85. The maximum atomic E-state index is 13.7. The second-order valence-electron chi connectivity index (χ2n) is 7.59. The molecule has 0 unspecified atom stereocenters. The third kappa shape index (κ3) is 5.52. The number of carbonyl (C=O) groups is 2. The highest BCUT2D eigenvalue weighted by Gasteiger charge is 2.35. The molecule has 1 aliphatic heterocycles. The second kappa shape index (κ2) is 10.4. The van der Waals surface area contributed by atoms with Crippen LogP contribution in [0.15, 0.2) is 18.2 Å². The van der Waals surface area contributed by atoms with Gasteiger partial charge < -0.3 is 20.7 Å². The van der Waals surface area contributed by atoms with Gasteiger partial charge in [0.25, 0.3) is 18.8 Å². The average molecular weight is 446 g/mol. The molecule has 0 spiro atoms. The minimum Gasteiger partial charge on any atom is -0.370 e. The summed E-state index contributed by atoms with van der Waals surface area (Å²) in [7, 11) is 0. The SMILES string of the molecule is NC[C@H](C(=O)Nc1ccc(N2CCOCC2=O)c(C(F)F)c1)N(CC(F)F)C1CCC1. The van der Waals surface area contributed by atoms with Gasteiger partial charge in [-0.1, -0.05) is 6.42 Å². The highest BCUT2D eigenvalue weighted by atomic mass is 19.3. The zero-order valence-corrected chi connectivity index (χ0v) is 16.9. The predicted molar refractivity (Wildman–Crippen MR) is 106 cm³/mol. The van der Waals surface area contributed by atoms with Crippen LogP contribution in [0.2, 0.25) is 0 Å². The number of carbonyl (C=O) groups excluding carboxylic acids is 2. The largest absolute Gasteiger partial charge is 0.370 e. The van der Waals surface area contributed by atoms with Crippen molar-refractivity contribution in [3.8, 4) is 0 Å². The first-order chi connectivity index (χ1) is 14.8. The van der Waals surface area contributed by atoms with Crippen molar-refractivity contribution in [2.75, 3.05) is 43.1 Å². The topological polar surface area (TPSA) is 87.9 Å². The Morgan fingerprint density at radius 1 is 1.29 bits per heavy atom. The lowest BCUT2D eigenvalue weighted by Crippen LogP contribution is -2.56. The lowest BCUT2D eigenvalue weighted by atomic mass is 9.90.